The Hall–Kier alpha value is -1.59. The summed E-state index contributed by atoms with van der Waals surface area (Å²) in [6, 6.07) is 7.29. The zero-order valence-corrected chi connectivity index (χ0v) is 10.4. The van der Waals surface area contributed by atoms with Gasteiger partial charge in [0.05, 0.1) is 18.9 Å². The summed E-state index contributed by atoms with van der Waals surface area (Å²) in [4.78, 5) is 12.0. The predicted octanol–water partition coefficient (Wildman–Crippen LogP) is 1.14. The molecule has 0 bridgehead atoms. The van der Waals surface area contributed by atoms with E-state index in [0.717, 1.165) is 6.42 Å². The summed E-state index contributed by atoms with van der Waals surface area (Å²) in [6.45, 7) is 0.457. The maximum absolute atomic E-state index is 12.0. The van der Waals surface area contributed by atoms with Crippen molar-refractivity contribution in [3.05, 3.63) is 24.3 Å². The molecule has 5 heteroatoms. The van der Waals surface area contributed by atoms with Gasteiger partial charge in [0.15, 0.2) is 0 Å². The lowest BCUT2D eigenvalue weighted by Crippen LogP contribution is -2.29. The highest BCUT2D eigenvalue weighted by Gasteiger charge is 2.30. The molecule has 1 amide bonds. The Morgan fingerprint density at radius 1 is 1.50 bits per heavy atom. The van der Waals surface area contributed by atoms with Crippen molar-refractivity contribution in [3.63, 3.8) is 0 Å². The minimum absolute atomic E-state index is 0.00146. The Kier molecular flexibility index (Phi) is 4.17. The van der Waals surface area contributed by atoms with E-state index in [1.807, 2.05) is 12.1 Å². The van der Waals surface area contributed by atoms with E-state index in [0.29, 0.717) is 24.4 Å². The van der Waals surface area contributed by atoms with Crippen molar-refractivity contribution < 1.29 is 14.3 Å². The van der Waals surface area contributed by atoms with Gasteiger partial charge in [-0.1, -0.05) is 12.1 Å². The number of amides is 1. The first-order valence-corrected chi connectivity index (χ1v) is 6.04. The Morgan fingerprint density at radius 2 is 2.28 bits per heavy atom. The fourth-order valence-electron chi connectivity index (χ4n) is 2.03. The van der Waals surface area contributed by atoms with E-state index in [1.54, 1.807) is 19.2 Å². The molecule has 1 aromatic rings. The molecule has 5 nitrogen and oxygen atoms in total. The summed E-state index contributed by atoms with van der Waals surface area (Å²) in [5.74, 6) is 0.495. The molecule has 0 radical (unpaired) electrons. The van der Waals surface area contributed by atoms with Crippen molar-refractivity contribution in [2.75, 3.05) is 19.0 Å². The molecule has 2 unspecified atom stereocenters. The molecule has 1 heterocycles. The van der Waals surface area contributed by atoms with Gasteiger partial charge in [-0.15, -0.1) is 0 Å². The SMILES string of the molecule is COc1ccccc1NC(=O)C1CCC(CN)O1. The van der Waals surface area contributed by atoms with Crippen LogP contribution >= 0.6 is 0 Å². The lowest BCUT2D eigenvalue weighted by molar-refractivity contribution is -0.126. The van der Waals surface area contributed by atoms with Crippen molar-refractivity contribution >= 4 is 11.6 Å². The van der Waals surface area contributed by atoms with Gasteiger partial charge in [-0.3, -0.25) is 4.79 Å². The van der Waals surface area contributed by atoms with Gasteiger partial charge in [0, 0.05) is 6.54 Å². The van der Waals surface area contributed by atoms with Gasteiger partial charge in [0.25, 0.3) is 5.91 Å². The molecule has 1 aliphatic heterocycles. The van der Waals surface area contributed by atoms with Crippen LogP contribution in [0.2, 0.25) is 0 Å². The van der Waals surface area contributed by atoms with Crippen LogP contribution < -0.4 is 15.8 Å². The van der Waals surface area contributed by atoms with Crippen LogP contribution in [-0.4, -0.2) is 31.8 Å². The Balaban J connectivity index is 1.99. The molecule has 2 atom stereocenters. The van der Waals surface area contributed by atoms with Crippen LogP contribution in [0.15, 0.2) is 24.3 Å². The summed E-state index contributed by atoms with van der Waals surface area (Å²) < 4.78 is 10.7. The Bertz CT molecular complexity index is 422. The highest BCUT2D eigenvalue weighted by molar-refractivity contribution is 5.95. The topological polar surface area (TPSA) is 73.6 Å². The van der Waals surface area contributed by atoms with Crippen LogP contribution in [0.5, 0.6) is 5.75 Å². The summed E-state index contributed by atoms with van der Waals surface area (Å²) >= 11 is 0. The predicted molar refractivity (Wildman–Crippen MR) is 68.6 cm³/mol. The monoisotopic (exact) mass is 250 g/mol. The molecule has 18 heavy (non-hydrogen) atoms. The number of rotatable bonds is 4. The number of carbonyl (C=O) groups is 1. The van der Waals surface area contributed by atoms with E-state index in [2.05, 4.69) is 5.32 Å². The summed E-state index contributed by atoms with van der Waals surface area (Å²) in [7, 11) is 1.57. The second-order valence-corrected chi connectivity index (χ2v) is 4.25. The molecule has 3 N–H and O–H groups in total. The second-order valence-electron chi connectivity index (χ2n) is 4.25. The van der Waals surface area contributed by atoms with E-state index in [1.165, 1.54) is 0 Å². The van der Waals surface area contributed by atoms with Crippen LogP contribution in [-0.2, 0) is 9.53 Å². The number of anilines is 1. The van der Waals surface area contributed by atoms with Crippen LogP contribution in [0.4, 0.5) is 5.69 Å². The molecule has 1 saturated heterocycles. The third kappa shape index (κ3) is 2.80. The largest absolute Gasteiger partial charge is 0.495 e. The smallest absolute Gasteiger partial charge is 0.253 e. The average molecular weight is 250 g/mol. The maximum Gasteiger partial charge on any atom is 0.253 e. The first-order chi connectivity index (χ1) is 8.74. The molecule has 1 fully saturated rings. The standard InChI is InChI=1S/C13H18N2O3/c1-17-11-5-3-2-4-10(11)15-13(16)12-7-6-9(8-14)18-12/h2-5,9,12H,6-8,14H2,1H3,(H,15,16). The number of hydrogen-bond donors (Lipinski definition) is 2. The summed E-state index contributed by atoms with van der Waals surface area (Å²) in [5.41, 5.74) is 6.17. The maximum atomic E-state index is 12.0. The highest BCUT2D eigenvalue weighted by Crippen LogP contribution is 2.25. The molecular weight excluding hydrogens is 232 g/mol. The van der Waals surface area contributed by atoms with Gasteiger partial charge in [-0.05, 0) is 25.0 Å². The fourth-order valence-corrected chi connectivity index (χ4v) is 2.03. The van der Waals surface area contributed by atoms with Crippen molar-refractivity contribution in [2.45, 2.75) is 25.0 Å². The number of benzene rings is 1. The molecule has 0 saturated carbocycles. The van der Waals surface area contributed by atoms with Crippen LogP contribution in [0.25, 0.3) is 0 Å². The quantitative estimate of drug-likeness (QED) is 0.840. The first kappa shape index (κ1) is 12.9. The first-order valence-electron chi connectivity index (χ1n) is 6.04. The second kappa shape index (κ2) is 5.84. The van der Waals surface area contributed by atoms with Crippen LogP contribution in [0.3, 0.4) is 0 Å². The third-order valence-electron chi connectivity index (χ3n) is 3.03. The number of para-hydroxylation sites is 2. The number of hydrogen-bond acceptors (Lipinski definition) is 4. The van der Waals surface area contributed by atoms with Gasteiger partial charge >= 0.3 is 0 Å². The molecule has 98 valence electrons. The number of carbonyl (C=O) groups excluding carboxylic acids is 1. The van der Waals surface area contributed by atoms with Gasteiger partial charge in [-0.2, -0.15) is 0 Å². The van der Waals surface area contributed by atoms with Crippen molar-refractivity contribution in [2.24, 2.45) is 5.73 Å². The molecule has 1 aliphatic rings. The molecule has 2 rings (SSSR count). The van der Waals surface area contributed by atoms with Gasteiger partial charge in [0.2, 0.25) is 0 Å². The fraction of sp³-hybridized carbons (Fsp3) is 0.462. The Morgan fingerprint density at radius 3 is 2.94 bits per heavy atom. The molecule has 0 aliphatic carbocycles. The average Bonchev–Trinajstić information content (AvgIpc) is 2.88. The number of nitrogens with one attached hydrogen (secondary N) is 1. The highest BCUT2D eigenvalue weighted by atomic mass is 16.5. The molecule has 1 aromatic carbocycles. The van der Waals surface area contributed by atoms with Gasteiger partial charge < -0.3 is 20.5 Å². The lowest BCUT2D eigenvalue weighted by atomic mass is 10.2. The lowest BCUT2D eigenvalue weighted by Gasteiger charge is -2.14. The number of methoxy groups -OCH3 is 1. The van der Waals surface area contributed by atoms with Gasteiger partial charge in [0.1, 0.15) is 11.9 Å². The van der Waals surface area contributed by atoms with E-state index in [-0.39, 0.29) is 12.0 Å². The Labute approximate surface area is 106 Å². The minimum atomic E-state index is -0.413. The van der Waals surface area contributed by atoms with E-state index < -0.39 is 6.10 Å². The number of ether oxygens (including phenoxy) is 2. The molecular formula is C13H18N2O3. The van der Waals surface area contributed by atoms with E-state index in [9.17, 15) is 4.79 Å². The van der Waals surface area contributed by atoms with Crippen LogP contribution in [0, 0.1) is 0 Å². The van der Waals surface area contributed by atoms with Crippen molar-refractivity contribution in [1.29, 1.82) is 0 Å². The zero-order valence-electron chi connectivity index (χ0n) is 10.4. The summed E-state index contributed by atoms with van der Waals surface area (Å²) in [6.07, 6.45) is 1.13. The molecule has 0 aromatic heterocycles. The van der Waals surface area contributed by atoms with Crippen LogP contribution in [0.1, 0.15) is 12.8 Å². The zero-order chi connectivity index (χ0) is 13.0. The van der Waals surface area contributed by atoms with Crippen molar-refractivity contribution in [1.82, 2.24) is 0 Å². The van der Waals surface area contributed by atoms with Crippen molar-refractivity contribution in [3.8, 4) is 5.75 Å². The van der Waals surface area contributed by atoms with E-state index in [4.69, 9.17) is 15.2 Å². The van der Waals surface area contributed by atoms with Gasteiger partial charge in [-0.25, -0.2) is 0 Å². The minimum Gasteiger partial charge on any atom is -0.495 e. The normalized spacial score (nSPS) is 22.8. The molecule has 0 spiro atoms. The summed E-state index contributed by atoms with van der Waals surface area (Å²) in [5, 5.41) is 2.82. The number of nitrogens with two attached hydrogens (primary N) is 1. The van der Waals surface area contributed by atoms with E-state index >= 15 is 0 Å². The third-order valence-corrected chi connectivity index (χ3v) is 3.03.